The number of carbonyl (C=O) groups is 1. The highest BCUT2D eigenvalue weighted by Crippen LogP contribution is 2.29. The molecule has 0 bridgehead atoms. The van der Waals surface area contributed by atoms with Gasteiger partial charge in [-0.3, -0.25) is 0 Å². The molecule has 126 valence electrons. The van der Waals surface area contributed by atoms with E-state index in [1.807, 2.05) is 0 Å². The summed E-state index contributed by atoms with van der Waals surface area (Å²) in [7, 11) is 1.47. The first kappa shape index (κ1) is 17.6. The van der Waals surface area contributed by atoms with Crippen molar-refractivity contribution in [2.24, 2.45) is 10.8 Å². The van der Waals surface area contributed by atoms with Crippen molar-refractivity contribution in [2.75, 3.05) is 7.11 Å². The highest BCUT2D eigenvalue weighted by Gasteiger charge is 2.10. The van der Waals surface area contributed by atoms with E-state index in [9.17, 15) is 9.18 Å². The first-order valence-corrected chi connectivity index (χ1v) is 7.21. The molecule has 8 heteroatoms. The SMILES string of the molecule is COc1cc(/C=N/NC(N)=O)ccc1OCc1c(F)cccc1Cl. The molecule has 6 nitrogen and oxygen atoms in total. The van der Waals surface area contributed by atoms with E-state index in [2.05, 4.69) is 10.5 Å². The molecule has 2 rings (SSSR count). The van der Waals surface area contributed by atoms with Crippen LogP contribution in [0.4, 0.5) is 9.18 Å². The maximum atomic E-state index is 13.7. The summed E-state index contributed by atoms with van der Waals surface area (Å²) in [6.45, 7) is -0.0431. The summed E-state index contributed by atoms with van der Waals surface area (Å²) in [4.78, 5) is 10.6. The lowest BCUT2D eigenvalue weighted by molar-refractivity contribution is 0.249. The predicted molar refractivity (Wildman–Crippen MR) is 89.0 cm³/mol. The summed E-state index contributed by atoms with van der Waals surface area (Å²) in [5.74, 6) is 0.394. The largest absolute Gasteiger partial charge is 0.493 e. The summed E-state index contributed by atoms with van der Waals surface area (Å²) in [6.07, 6.45) is 1.39. The van der Waals surface area contributed by atoms with Crippen molar-refractivity contribution in [3.8, 4) is 11.5 Å². The van der Waals surface area contributed by atoms with E-state index in [0.29, 0.717) is 17.1 Å². The number of nitrogens with two attached hydrogens (primary N) is 1. The average molecular weight is 352 g/mol. The monoisotopic (exact) mass is 351 g/mol. The van der Waals surface area contributed by atoms with Gasteiger partial charge in [-0.2, -0.15) is 5.10 Å². The number of nitrogens with zero attached hydrogens (tertiary/aromatic N) is 1. The number of methoxy groups -OCH3 is 1. The molecule has 0 saturated carbocycles. The quantitative estimate of drug-likeness (QED) is 0.619. The number of hydrazone groups is 1. The average Bonchev–Trinajstić information content (AvgIpc) is 2.54. The second-order valence-corrected chi connectivity index (χ2v) is 5.04. The third-order valence-corrected chi connectivity index (χ3v) is 3.36. The number of primary amides is 1. The number of amides is 2. The Morgan fingerprint density at radius 2 is 2.17 bits per heavy atom. The molecule has 0 aromatic heterocycles. The highest BCUT2D eigenvalue weighted by atomic mass is 35.5. The smallest absolute Gasteiger partial charge is 0.332 e. The van der Waals surface area contributed by atoms with Gasteiger partial charge in [-0.15, -0.1) is 0 Å². The zero-order chi connectivity index (χ0) is 17.5. The van der Waals surface area contributed by atoms with Gasteiger partial charge in [0.15, 0.2) is 11.5 Å². The van der Waals surface area contributed by atoms with Gasteiger partial charge in [-0.1, -0.05) is 17.7 Å². The van der Waals surface area contributed by atoms with E-state index in [0.717, 1.165) is 0 Å². The number of carbonyl (C=O) groups excluding carboxylic acids is 1. The van der Waals surface area contributed by atoms with Crippen LogP contribution in [0, 0.1) is 5.82 Å². The van der Waals surface area contributed by atoms with Gasteiger partial charge in [0.25, 0.3) is 0 Å². The predicted octanol–water partition coefficient (Wildman–Crippen LogP) is 3.07. The summed E-state index contributed by atoms with van der Waals surface area (Å²) >= 11 is 5.96. The fourth-order valence-electron chi connectivity index (χ4n) is 1.87. The van der Waals surface area contributed by atoms with Gasteiger partial charge >= 0.3 is 6.03 Å². The van der Waals surface area contributed by atoms with Crippen molar-refractivity contribution < 1.29 is 18.7 Å². The van der Waals surface area contributed by atoms with E-state index in [-0.39, 0.29) is 17.2 Å². The van der Waals surface area contributed by atoms with Crippen LogP contribution in [0.5, 0.6) is 11.5 Å². The number of urea groups is 1. The van der Waals surface area contributed by atoms with Crippen LogP contribution < -0.4 is 20.6 Å². The Hall–Kier alpha value is -2.80. The van der Waals surface area contributed by atoms with Crippen molar-refractivity contribution in [3.63, 3.8) is 0 Å². The number of halogens is 2. The molecule has 0 fully saturated rings. The molecule has 2 aromatic rings. The molecule has 0 aliphatic heterocycles. The molecule has 0 aliphatic rings. The summed E-state index contributed by atoms with van der Waals surface area (Å²) in [6, 6.07) is 8.63. The van der Waals surface area contributed by atoms with Crippen LogP contribution in [0.1, 0.15) is 11.1 Å². The maximum absolute atomic E-state index is 13.7. The van der Waals surface area contributed by atoms with Crippen molar-refractivity contribution in [3.05, 3.63) is 58.4 Å². The van der Waals surface area contributed by atoms with Crippen molar-refractivity contribution >= 4 is 23.8 Å². The summed E-state index contributed by atoms with van der Waals surface area (Å²) in [5, 5.41) is 3.94. The van der Waals surface area contributed by atoms with Crippen LogP contribution in [0.2, 0.25) is 5.02 Å². The minimum Gasteiger partial charge on any atom is -0.493 e. The Labute approximate surface area is 143 Å². The van der Waals surface area contributed by atoms with Gasteiger partial charge in [-0.05, 0) is 35.9 Å². The molecule has 0 aliphatic carbocycles. The molecule has 24 heavy (non-hydrogen) atoms. The molecule has 2 amide bonds. The fraction of sp³-hybridized carbons (Fsp3) is 0.125. The third-order valence-electron chi connectivity index (χ3n) is 3.01. The van der Waals surface area contributed by atoms with Gasteiger partial charge in [0.2, 0.25) is 0 Å². The summed E-state index contributed by atoms with van der Waals surface area (Å²) in [5.41, 5.74) is 7.90. The number of rotatable bonds is 6. The minimum absolute atomic E-state index is 0.0431. The first-order chi connectivity index (χ1) is 11.5. The number of hydrogen-bond acceptors (Lipinski definition) is 4. The van der Waals surface area contributed by atoms with Crippen LogP contribution in [0.3, 0.4) is 0 Å². The Balaban J connectivity index is 2.13. The minimum atomic E-state index is -0.764. The van der Waals surface area contributed by atoms with E-state index in [1.165, 1.54) is 25.5 Å². The molecule has 0 spiro atoms. The molecule has 0 atom stereocenters. The fourth-order valence-corrected chi connectivity index (χ4v) is 2.09. The standard InChI is InChI=1S/C16H15ClFN3O3/c1-23-15-7-10(8-20-21-16(19)22)5-6-14(15)24-9-11-12(17)3-2-4-13(11)18/h2-8H,9H2,1H3,(H3,19,21,22)/b20-8+. The van der Waals surface area contributed by atoms with Gasteiger partial charge in [-0.25, -0.2) is 14.6 Å². The molecule has 3 N–H and O–H groups in total. The zero-order valence-corrected chi connectivity index (χ0v) is 13.5. The molecule has 0 heterocycles. The van der Waals surface area contributed by atoms with Gasteiger partial charge < -0.3 is 15.2 Å². The van der Waals surface area contributed by atoms with Crippen molar-refractivity contribution in [1.82, 2.24) is 5.43 Å². The van der Waals surface area contributed by atoms with Crippen molar-refractivity contribution in [2.45, 2.75) is 6.61 Å². The van der Waals surface area contributed by atoms with E-state index in [1.54, 1.807) is 24.3 Å². The number of nitrogens with one attached hydrogen (secondary N) is 1. The third kappa shape index (κ3) is 4.60. The number of ether oxygens (including phenoxy) is 2. The molecule has 2 aromatic carbocycles. The van der Waals surface area contributed by atoms with E-state index < -0.39 is 11.8 Å². The second-order valence-electron chi connectivity index (χ2n) is 4.63. The summed E-state index contributed by atoms with van der Waals surface area (Å²) < 4.78 is 24.6. The van der Waals surface area contributed by atoms with Gasteiger partial charge in [0, 0.05) is 5.56 Å². The number of hydrogen-bond donors (Lipinski definition) is 2. The molecular formula is C16H15ClFN3O3. The molecular weight excluding hydrogens is 337 g/mol. The van der Waals surface area contributed by atoms with Crippen molar-refractivity contribution in [1.29, 1.82) is 0 Å². The topological polar surface area (TPSA) is 85.9 Å². The lowest BCUT2D eigenvalue weighted by atomic mass is 10.2. The molecule has 0 radical (unpaired) electrons. The zero-order valence-electron chi connectivity index (χ0n) is 12.8. The Morgan fingerprint density at radius 1 is 1.38 bits per heavy atom. The lowest BCUT2D eigenvalue weighted by Gasteiger charge is -2.12. The van der Waals surface area contributed by atoms with Gasteiger partial charge in [0.05, 0.1) is 18.3 Å². The molecule has 0 unspecified atom stereocenters. The van der Waals surface area contributed by atoms with Gasteiger partial charge in [0.1, 0.15) is 12.4 Å². The Bertz CT molecular complexity index is 748. The Morgan fingerprint density at radius 3 is 2.83 bits per heavy atom. The van der Waals surface area contributed by atoms with E-state index in [4.69, 9.17) is 26.8 Å². The second kappa shape index (κ2) is 8.16. The van der Waals surface area contributed by atoms with E-state index >= 15 is 0 Å². The lowest BCUT2D eigenvalue weighted by Crippen LogP contribution is -2.24. The highest BCUT2D eigenvalue weighted by molar-refractivity contribution is 6.31. The van der Waals surface area contributed by atoms with Crippen LogP contribution in [-0.2, 0) is 6.61 Å². The normalized spacial score (nSPS) is 10.6. The Kier molecular flexibility index (Phi) is 5.97. The molecule has 0 saturated heterocycles. The van der Waals surface area contributed by atoms with Crippen LogP contribution in [0.25, 0.3) is 0 Å². The van der Waals surface area contributed by atoms with Crippen LogP contribution in [0.15, 0.2) is 41.5 Å². The van der Waals surface area contributed by atoms with Crippen LogP contribution >= 0.6 is 11.6 Å². The van der Waals surface area contributed by atoms with Crippen LogP contribution in [-0.4, -0.2) is 19.4 Å². The number of benzene rings is 2. The first-order valence-electron chi connectivity index (χ1n) is 6.83. The maximum Gasteiger partial charge on any atom is 0.332 e.